The maximum Gasteiger partial charge on any atom is 0.253 e. The highest BCUT2D eigenvalue weighted by molar-refractivity contribution is 5.95. The number of hydrogen-bond acceptors (Lipinski definition) is 2. The number of rotatable bonds is 2. The van der Waals surface area contributed by atoms with Gasteiger partial charge in [-0.1, -0.05) is 30.3 Å². The van der Waals surface area contributed by atoms with Gasteiger partial charge in [-0.3, -0.25) is 4.79 Å². The third kappa shape index (κ3) is 2.01. The molecule has 0 unspecified atom stereocenters. The molecule has 2 rings (SSSR count). The van der Waals surface area contributed by atoms with Crippen molar-refractivity contribution in [1.82, 2.24) is 4.90 Å². The van der Waals surface area contributed by atoms with Crippen LogP contribution in [-0.2, 0) is 11.3 Å². The van der Waals surface area contributed by atoms with Crippen LogP contribution < -0.4 is 0 Å². The molecule has 1 aromatic carbocycles. The first-order valence-corrected chi connectivity index (χ1v) is 4.97. The van der Waals surface area contributed by atoms with Crippen LogP contribution in [0.15, 0.2) is 42.2 Å². The van der Waals surface area contributed by atoms with Crippen molar-refractivity contribution in [2.24, 2.45) is 0 Å². The molecule has 1 amide bonds. The van der Waals surface area contributed by atoms with E-state index in [-0.39, 0.29) is 5.91 Å². The predicted octanol–water partition coefficient (Wildman–Crippen LogP) is 1.86. The molecule has 0 atom stereocenters. The fourth-order valence-electron chi connectivity index (χ4n) is 1.74. The Hall–Kier alpha value is -1.77. The van der Waals surface area contributed by atoms with Gasteiger partial charge in [-0.25, -0.2) is 0 Å². The van der Waals surface area contributed by atoms with E-state index in [1.807, 2.05) is 30.3 Å². The van der Waals surface area contributed by atoms with E-state index in [4.69, 9.17) is 5.11 Å². The van der Waals surface area contributed by atoms with E-state index in [0.29, 0.717) is 25.1 Å². The minimum Gasteiger partial charge on any atom is -0.515 e. The van der Waals surface area contributed by atoms with E-state index in [1.54, 1.807) is 4.90 Å². The van der Waals surface area contributed by atoms with Gasteiger partial charge in [-0.05, 0) is 12.0 Å². The number of aliphatic hydroxyl groups is 1. The van der Waals surface area contributed by atoms with Gasteiger partial charge in [-0.2, -0.15) is 0 Å². The van der Waals surface area contributed by atoms with Gasteiger partial charge in [0.05, 0.1) is 11.8 Å². The molecule has 1 fully saturated rings. The molecule has 1 aliphatic heterocycles. The lowest BCUT2D eigenvalue weighted by Gasteiger charge is -2.14. The summed E-state index contributed by atoms with van der Waals surface area (Å²) in [6, 6.07) is 9.85. The number of carbonyl (C=O) groups excluding carboxylic acids is 1. The third-order valence-electron chi connectivity index (χ3n) is 2.59. The zero-order chi connectivity index (χ0) is 10.7. The van der Waals surface area contributed by atoms with Crippen molar-refractivity contribution in [3.63, 3.8) is 0 Å². The van der Waals surface area contributed by atoms with Crippen LogP contribution in [-0.4, -0.2) is 22.5 Å². The SMILES string of the molecule is O=C1/C(=C/O)CCN1Cc1ccccc1. The topological polar surface area (TPSA) is 40.5 Å². The van der Waals surface area contributed by atoms with Gasteiger partial charge >= 0.3 is 0 Å². The fourth-order valence-corrected chi connectivity index (χ4v) is 1.74. The fraction of sp³-hybridized carbons (Fsp3) is 0.250. The second kappa shape index (κ2) is 4.17. The second-order valence-electron chi connectivity index (χ2n) is 3.62. The van der Waals surface area contributed by atoms with Crippen molar-refractivity contribution in [1.29, 1.82) is 0 Å². The molecule has 1 heterocycles. The summed E-state index contributed by atoms with van der Waals surface area (Å²) in [6.07, 6.45) is 1.56. The van der Waals surface area contributed by atoms with Crippen LogP contribution in [0.25, 0.3) is 0 Å². The number of likely N-dealkylation sites (tertiary alicyclic amines) is 1. The Kier molecular flexibility index (Phi) is 2.72. The summed E-state index contributed by atoms with van der Waals surface area (Å²) in [4.78, 5) is 13.4. The molecule has 1 N–H and O–H groups in total. The minimum absolute atomic E-state index is 0.0543. The van der Waals surface area contributed by atoms with Crippen LogP contribution in [0.2, 0.25) is 0 Å². The van der Waals surface area contributed by atoms with Crippen molar-refractivity contribution < 1.29 is 9.90 Å². The zero-order valence-corrected chi connectivity index (χ0v) is 8.39. The number of benzene rings is 1. The highest BCUT2D eigenvalue weighted by Crippen LogP contribution is 2.18. The molecule has 0 radical (unpaired) electrons. The third-order valence-corrected chi connectivity index (χ3v) is 2.59. The second-order valence-corrected chi connectivity index (χ2v) is 3.62. The van der Waals surface area contributed by atoms with E-state index in [2.05, 4.69) is 0 Å². The van der Waals surface area contributed by atoms with Crippen LogP contribution in [0, 0.1) is 0 Å². The predicted molar refractivity (Wildman–Crippen MR) is 57.2 cm³/mol. The first-order chi connectivity index (χ1) is 7.31. The molecule has 1 aliphatic rings. The summed E-state index contributed by atoms with van der Waals surface area (Å²) in [5.74, 6) is -0.0543. The lowest BCUT2D eigenvalue weighted by Crippen LogP contribution is -2.24. The Morgan fingerprint density at radius 3 is 2.67 bits per heavy atom. The average molecular weight is 203 g/mol. The van der Waals surface area contributed by atoms with Crippen molar-refractivity contribution in [2.45, 2.75) is 13.0 Å². The minimum atomic E-state index is -0.0543. The maximum atomic E-state index is 11.6. The highest BCUT2D eigenvalue weighted by atomic mass is 16.2. The Bertz CT molecular complexity index is 384. The first-order valence-electron chi connectivity index (χ1n) is 4.97. The summed E-state index contributed by atoms with van der Waals surface area (Å²) in [7, 11) is 0. The van der Waals surface area contributed by atoms with Gasteiger partial charge in [-0.15, -0.1) is 0 Å². The number of nitrogens with zero attached hydrogens (tertiary/aromatic N) is 1. The maximum absolute atomic E-state index is 11.6. The zero-order valence-electron chi connectivity index (χ0n) is 8.39. The van der Waals surface area contributed by atoms with E-state index >= 15 is 0 Å². The smallest absolute Gasteiger partial charge is 0.253 e. The van der Waals surface area contributed by atoms with Gasteiger partial charge in [0.25, 0.3) is 5.91 Å². The van der Waals surface area contributed by atoms with Crippen LogP contribution >= 0.6 is 0 Å². The molecule has 78 valence electrons. The number of carbonyl (C=O) groups is 1. The molecule has 0 aliphatic carbocycles. The average Bonchev–Trinajstić information content (AvgIpc) is 2.62. The Morgan fingerprint density at radius 1 is 1.33 bits per heavy atom. The van der Waals surface area contributed by atoms with E-state index < -0.39 is 0 Å². The number of amides is 1. The van der Waals surface area contributed by atoms with Gasteiger partial charge < -0.3 is 10.0 Å². The molecule has 0 spiro atoms. The molecule has 1 saturated heterocycles. The molecular formula is C12H13NO2. The van der Waals surface area contributed by atoms with Crippen molar-refractivity contribution in [3.05, 3.63) is 47.7 Å². The molecule has 15 heavy (non-hydrogen) atoms. The molecule has 0 bridgehead atoms. The van der Waals surface area contributed by atoms with E-state index in [1.165, 1.54) is 0 Å². The standard InChI is InChI=1S/C12H13NO2/c14-9-11-6-7-13(12(11)15)8-10-4-2-1-3-5-10/h1-5,9,14H,6-8H2/b11-9+. The first kappa shape index (κ1) is 9.77. The van der Waals surface area contributed by atoms with Gasteiger partial charge in [0.15, 0.2) is 0 Å². The summed E-state index contributed by atoms with van der Waals surface area (Å²) in [6.45, 7) is 1.32. The summed E-state index contributed by atoms with van der Waals surface area (Å²) in [5.41, 5.74) is 1.62. The van der Waals surface area contributed by atoms with Crippen molar-refractivity contribution in [2.75, 3.05) is 6.54 Å². The largest absolute Gasteiger partial charge is 0.515 e. The Labute approximate surface area is 88.6 Å². The van der Waals surface area contributed by atoms with Crippen LogP contribution in [0.5, 0.6) is 0 Å². The molecule has 0 aromatic heterocycles. The van der Waals surface area contributed by atoms with Crippen molar-refractivity contribution >= 4 is 5.91 Å². The molecule has 1 aromatic rings. The van der Waals surface area contributed by atoms with E-state index in [0.717, 1.165) is 11.8 Å². The number of hydrogen-bond donors (Lipinski definition) is 1. The monoisotopic (exact) mass is 203 g/mol. The summed E-state index contributed by atoms with van der Waals surface area (Å²) in [5, 5.41) is 8.81. The van der Waals surface area contributed by atoms with Gasteiger partial charge in [0.2, 0.25) is 0 Å². The van der Waals surface area contributed by atoms with Crippen molar-refractivity contribution in [3.8, 4) is 0 Å². The van der Waals surface area contributed by atoms with E-state index in [9.17, 15) is 4.79 Å². The molecule has 3 heteroatoms. The summed E-state index contributed by atoms with van der Waals surface area (Å²) >= 11 is 0. The van der Waals surface area contributed by atoms with Crippen LogP contribution in [0.3, 0.4) is 0 Å². The van der Waals surface area contributed by atoms with Gasteiger partial charge in [0, 0.05) is 13.1 Å². The highest BCUT2D eigenvalue weighted by Gasteiger charge is 2.25. The van der Waals surface area contributed by atoms with Crippen LogP contribution in [0.4, 0.5) is 0 Å². The Balaban J connectivity index is 2.06. The Morgan fingerprint density at radius 2 is 2.07 bits per heavy atom. The van der Waals surface area contributed by atoms with Crippen LogP contribution in [0.1, 0.15) is 12.0 Å². The summed E-state index contributed by atoms with van der Waals surface area (Å²) < 4.78 is 0. The lowest BCUT2D eigenvalue weighted by atomic mass is 10.2. The lowest BCUT2D eigenvalue weighted by molar-refractivity contribution is -0.125. The van der Waals surface area contributed by atoms with Gasteiger partial charge in [0.1, 0.15) is 0 Å². The normalized spacial score (nSPS) is 18.8. The number of aliphatic hydroxyl groups excluding tert-OH is 1. The quantitative estimate of drug-likeness (QED) is 0.588. The molecular weight excluding hydrogens is 190 g/mol. The molecule has 0 saturated carbocycles. The molecule has 3 nitrogen and oxygen atoms in total.